The molecule has 0 saturated carbocycles. The lowest BCUT2D eigenvalue weighted by Gasteiger charge is -2.29. The van der Waals surface area contributed by atoms with Gasteiger partial charge in [0.05, 0.1) is 17.8 Å². The minimum Gasteiger partial charge on any atom is -0.475 e. The maximum atomic E-state index is 12.5. The van der Waals surface area contributed by atoms with Crippen molar-refractivity contribution in [2.75, 3.05) is 18.1 Å². The molecule has 0 spiro atoms. The molecule has 0 atom stereocenters. The highest BCUT2D eigenvalue weighted by Crippen LogP contribution is 2.55. The highest BCUT2D eigenvalue weighted by Gasteiger charge is 2.50. The summed E-state index contributed by atoms with van der Waals surface area (Å²) in [7, 11) is -2.44. The first-order valence-electron chi connectivity index (χ1n) is 12.1. The van der Waals surface area contributed by atoms with Crippen LogP contribution in [-0.2, 0) is 14.3 Å². The Morgan fingerprint density at radius 1 is 0.676 bits per heavy atom. The van der Waals surface area contributed by atoms with Gasteiger partial charge < -0.3 is 4.74 Å². The zero-order chi connectivity index (χ0) is 25.2. The van der Waals surface area contributed by atoms with E-state index >= 15 is 0 Å². The number of amides is 2. The molecular formula is C31H24N2O3P+. The number of ether oxygens (including phenoxy) is 1. The van der Waals surface area contributed by atoms with Crippen molar-refractivity contribution < 1.29 is 14.3 Å². The normalized spacial score (nSPS) is 15.1. The van der Waals surface area contributed by atoms with E-state index in [-0.39, 0.29) is 11.8 Å². The summed E-state index contributed by atoms with van der Waals surface area (Å²) >= 11 is 0. The van der Waals surface area contributed by atoms with E-state index in [9.17, 15) is 9.59 Å². The molecule has 4 aromatic rings. The Morgan fingerprint density at radius 2 is 1.19 bits per heavy atom. The summed E-state index contributed by atoms with van der Waals surface area (Å²) in [4.78, 5) is 30.9. The lowest BCUT2D eigenvalue weighted by Crippen LogP contribution is -2.41. The number of aliphatic imine (C=N–C) groups is 1. The van der Waals surface area contributed by atoms with Crippen molar-refractivity contribution >= 4 is 51.9 Å². The van der Waals surface area contributed by atoms with Crippen LogP contribution in [0, 0.1) is 0 Å². The van der Waals surface area contributed by atoms with Crippen molar-refractivity contribution in [2.24, 2.45) is 4.99 Å². The quantitative estimate of drug-likeness (QED) is 0.299. The van der Waals surface area contributed by atoms with Crippen molar-refractivity contribution in [1.29, 1.82) is 0 Å². The number of carbonyl (C=O) groups excluding carboxylic acids is 2. The van der Waals surface area contributed by atoms with Crippen molar-refractivity contribution in [1.82, 2.24) is 0 Å². The van der Waals surface area contributed by atoms with E-state index in [1.54, 1.807) is 0 Å². The number of imide groups is 1. The minimum atomic E-state index is -2.44. The van der Waals surface area contributed by atoms with Crippen LogP contribution in [0.3, 0.4) is 0 Å². The molecule has 2 aliphatic heterocycles. The molecule has 0 fully saturated rings. The van der Waals surface area contributed by atoms with Crippen LogP contribution in [0.25, 0.3) is 0 Å². The molecule has 2 heterocycles. The van der Waals surface area contributed by atoms with Gasteiger partial charge in [-0.15, -0.1) is 0 Å². The van der Waals surface area contributed by atoms with Gasteiger partial charge in [-0.2, -0.15) is 0 Å². The van der Waals surface area contributed by atoms with E-state index in [1.165, 1.54) is 33.0 Å². The van der Waals surface area contributed by atoms with E-state index in [4.69, 9.17) is 4.74 Å². The van der Waals surface area contributed by atoms with Gasteiger partial charge in [0, 0.05) is 12.2 Å². The fourth-order valence-electron chi connectivity index (χ4n) is 5.10. The average molecular weight is 504 g/mol. The van der Waals surface area contributed by atoms with Crippen molar-refractivity contribution in [3.8, 4) is 0 Å². The monoisotopic (exact) mass is 503 g/mol. The summed E-state index contributed by atoms with van der Waals surface area (Å²) in [6.45, 7) is 1.06. The lowest BCUT2D eigenvalue weighted by atomic mass is 10.2. The van der Waals surface area contributed by atoms with Gasteiger partial charge in [0.2, 0.25) is 5.90 Å². The van der Waals surface area contributed by atoms with Gasteiger partial charge in [0.15, 0.2) is 0 Å². The summed E-state index contributed by atoms with van der Waals surface area (Å²) < 4.78 is 6.02. The number of benzene rings is 4. The van der Waals surface area contributed by atoms with Crippen molar-refractivity contribution in [3.63, 3.8) is 0 Å². The van der Waals surface area contributed by atoms with Gasteiger partial charge in [-0.25, -0.2) is 9.89 Å². The molecule has 0 aromatic heterocycles. The molecule has 0 saturated heterocycles. The highest BCUT2D eigenvalue weighted by atomic mass is 31.2. The number of rotatable bonds is 6. The molecule has 0 bridgehead atoms. The van der Waals surface area contributed by atoms with Gasteiger partial charge >= 0.3 is 0 Å². The Hall–Kier alpha value is -4.34. The molecule has 4 aromatic carbocycles. The summed E-state index contributed by atoms with van der Waals surface area (Å²) in [6.07, 6.45) is 2.60. The third-order valence-electron chi connectivity index (χ3n) is 6.66. The molecule has 0 unspecified atom stereocenters. The second-order valence-electron chi connectivity index (χ2n) is 8.76. The second-order valence-corrected chi connectivity index (χ2v) is 12.1. The van der Waals surface area contributed by atoms with Gasteiger partial charge in [0.25, 0.3) is 11.8 Å². The Morgan fingerprint density at radius 3 is 1.65 bits per heavy atom. The zero-order valence-corrected chi connectivity index (χ0v) is 20.9. The molecule has 0 aliphatic carbocycles. The van der Waals surface area contributed by atoms with Crippen LogP contribution in [0.15, 0.2) is 126 Å². The average Bonchev–Trinajstić information content (AvgIpc) is 3.61. The maximum Gasteiger partial charge on any atom is 0.258 e. The third-order valence-corrected chi connectivity index (χ3v) is 11.0. The van der Waals surface area contributed by atoms with Crippen molar-refractivity contribution in [3.05, 3.63) is 127 Å². The number of carbonyl (C=O) groups is 2. The molecule has 6 rings (SSSR count). The second kappa shape index (κ2) is 9.61. The molecule has 6 heteroatoms. The van der Waals surface area contributed by atoms with E-state index in [0.717, 1.165) is 10.9 Å². The van der Waals surface area contributed by atoms with Crippen LogP contribution in [-0.4, -0.2) is 30.9 Å². The zero-order valence-electron chi connectivity index (χ0n) is 20.0. The largest absolute Gasteiger partial charge is 0.475 e. The van der Waals surface area contributed by atoms with Gasteiger partial charge in [0.1, 0.15) is 35.1 Å². The molecular weight excluding hydrogens is 479 g/mol. The maximum absolute atomic E-state index is 12.5. The Kier molecular flexibility index (Phi) is 5.99. The van der Waals surface area contributed by atoms with E-state index in [0.29, 0.717) is 24.7 Å². The summed E-state index contributed by atoms with van der Waals surface area (Å²) in [5.41, 5.74) is 1.30. The first-order chi connectivity index (χ1) is 18.2. The molecule has 180 valence electrons. The van der Waals surface area contributed by atoms with Gasteiger partial charge in [-0.3, -0.25) is 9.59 Å². The van der Waals surface area contributed by atoms with Gasteiger partial charge in [-0.1, -0.05) is 54.6 Å². The summed E-state index contributed by atoms with van der Waals surface area (Å²) in [5, 5.41) is 4.63. The predicted octanol–water partition coefficient (Wildman–Crippen LogP) is 3.51. The molecule has 2 amide bonds. The fraction of sp³-hybridized carbons (Fsp3) is 0.0645. The minimum absolute atomic E-state index is 0.354. The first-order valence-corrected chi connectivity index (χ1v) is 13.9. The number of anilines is 1. The van der Waals surface area contributed by atoms with Crippen LogP contribution in [0.1, 0.15) is 5.56 Å². The van der Waals surface area contributed by atoms with Crippen LogP contribution < -0.4 is 26.1 Å². The molecule has 2 aliphatic rings. The number of hydrogen-bond donors (Lipinski definition) is 0. The number of nitrogens with zero attached hydrogens (tertiary/aromatic N) is 2. The van der Waals surface area contributed by atoms with Crippen molar-refractivity contribution in [2.45, 2.75) is 0 Å². The lowest BCUT2D eigenvalue weighted by molar-refractivity contribution is -0.119. The van der Waals surface area contributed by atoms with Gasteiger partial charge in [-0.05, 0) is 54.6 Å². The highest BCUT2D eigenvalue weighted by molar-refractivity contribution is 8.01. The van der Waals surface area contributed by atoms with E-state index < -0.39 is 7.26 Å². The Bertz CT molecular complexity index is 1420. The van der Waals surface area contributed by atoms with E-state index in [2.05, 4.69) is 83.9 Å². The standard InChI is InChI=1S/C31H24N2O3P/c34-29-18-19-30(35)33(29)23-16-17-28(27(22-23)31-32-20-21-36-31)37(24-10-4-1-5-11-24,25-12-6-2-7-13-25)26-14-8-3-9-15-26/h1-19,22H,20-21H2/q+1. The number of hydrogen-bond acceptors (Lipinski definition) is 4. The third kappa shape index (κ3) is 3.89. The topological polar surface area (TPSA) is 59.0 Å². The van der Waals surface area contributed by atoms with Crippen LogP contribution >= 0.6 is 7.26 Å². The first kappa shape index (κ1) is 23.1. The molecule has 37 heavy (non-hydrogen) atoms. The van der Waals surface area contributed by atoms with Crippen LogP contribution in [0.2, 0.25) is 0 Å². The smallest absolute Gasteiger partial charge is 0.258 e. The Balaban J connectivity index is 1.70. The Labute approximate surface area is 216 Å². The molecule has 0 N–H and O–H groups in total. The van der Waals surface area contributed by atoms with Crippen LogP contribution in [0.5, 0.6) is 0 Å². The predicted molar refractivity (Wildman–Crippen MR) is 150 cm³/mol. The summed E-state index contributed by atoms with van der Waals surface area (Å²) in [5.74, 6) is -0.169. The fourth-order valence-corrected chi connectivity index (χ4v) is 9.51. The van der Waals surface area contributed by atoms with Crippen LogP contribution in [0.4, 0.5) is 5.69 Å². The summed E-state index contributed by atoms with van der Waals surface area (Å²) in [6, 6.07) is 37.4. The SMILES string of the molecule is O=C1C=CC(=O)N1c1ccc([P+](c2ccccc2)(c2ccccc2)c2ccccc2)c(C2=NCCO2)c1. The molecule has 5 nitrogen and oxygen atoms in total. The van der Waals surface area contributed by atoms with E-state index in [1.807, 2.05) is 30.3 Å². The molecule has 0 radical (unpaired) electrons.